The molecule has 0 fully saturated rings. The number of carboxylic acid groups (broad SMARTS) is 1. The normalized spacial score (nSPS) is 11.5. The van der Waals surface area contributed by atoms with Gasteiger partial charge in [-0.1, -0.05) is 13.0 Å². The largest absolute Gasteiger partial charge is 0.493 e. The number of anilines is 2. The quantitative estimate of drug-likeness (QED) is 0.437. The molecule has 0 bridgehead atoms. The molecule has 0 saturated heterocycles. The molecule has 0 amide bonds. The molecule has 8 nitrogen and oxygen atoms in total. The number of carboxylic acids is 1. The highest BCUT2D eigenvalue weighted by Crippen LogP contribution is 2.42. The number of nitrogen functional groups attached to an aromatic ring is 1. The van der Waals surface area contributed by atoms with Crippen molar-refractivity contribution in [3.05, 3.63) is 35.9 Å². The number of hydrogen-bond donors (Lipinski definition) is 3. The van der Waals surface area contributed by atoms with Crippen molar-refractivity contribution in [3.8, 4) is 17.0 Å². The van der Waals surface area contributed by atoms with Gasteiger partial charge in [0.15, 0.2) is 5.65 Å². The van der Waals surface area contributed by atoms with Crippen molar-refractivity contribution in [2.45, 2.75) is 25.7 Å². The molecule has 0 radical (unpaired) electrons. The van der Waals surface area contributed by atoms with Crippen molar-refractivity contribution in [2.24, 2.45) is 0 Å². The molecule has 3 aromatic rings. The first-order valence-electron chi connectivity index (χ1n) is 9.55. The summed E-state index contributed by atoms with van der Waals surface area (Å²) in [6, 6.07) is 6.93. The zero-order valence-electron chi connectivity index (χ0n) is 17.8. The topological polar surface area (TPSA) is 123 Å². The third-order valence-corrected chi connectivity index (χ3v) is 4.11. The molecule has 34 heavy (non-hydrogen) atoms. The van der Waals surface area contributed by atoms with E-state index in [0.717, 1.165) is 6.07 Å². The number of carbonyl (C=O) groups is 1. The van der Waals surface area contributed by atoms with Gasteiger partial charge in [-0.15, -0.1) is 0 Å². The molecule has 0 aliphatic rings. The molecule has 14 heteroatoms. The summed E-state index contributed by atoms with van der Waals surface area (Å²) < 4.78 is 78.1. The standard InChI is InChI=1S/C18H18F3N5O.C2HF3O2/c1-3-9-27-13-6-4-5-11(18(19,20)21)14(13)12-8-7-10-15(23-2)25-17(22)26-16(10)24-12;3-2(4,5)1(6)7/h4-8H,3,9H2,1-2H3,(H3,22,23,24,25,26);(H,6,7). The average molecular weight is 491 g/mol. The molecule has 0 unspecified atom stereocenters. The first kappa shape index (κ1) is 26.4. The maximum absolute atomic E-state index is 13.6. The number of rotatable bonds is 5. The minimum absolute atomic E-state index is 0.0249. The average Bonchev–Trinajstić information content (AvgIpc) is 2.75. The molecule has 0 aliphatic heterocycles. The smallest absolute Gasteiger partial charge is 0.490 e. The minimum atomic E-state index is -5.08. The van der Waals surface area contributed by atoms with E-state index in [1.165, 1.54) is 18.2 Å². The third-order valence-electron chi connectivity index (χ3n) is 4.11. The Kier molecular flexibility index (Phi) is 8.08. The Labute approximate surface area is 188 Å². The van der Waals surface area contributed by atoms with Crippen molar-refractivity contribution in [3.63, 3.8) is 0 Å². The van der Waals surface area contributed by atoms with Crippen LogP contribution in [-0.4, -0.2) is 45.9 Å². The Hall–Kier alpha value is -3.84. The van der Waals surface area contributed by atoms with Gasteiger partial charge < -0.3 is 20.9 Å². The number of benzene rings is 1. The highest BCUT2D eigenvalue weighted by Gasteiger charge is 2.38. The van der Waals surface area contributed by atoms with E-state index in [1.54, 1.807) is 13.1 Å². The van der Waals surface area contributed by atoms with Crippen LogP contribution in [0.3, 0.4) is 0 Å². The highest BCUT2D eigenvalue weighted by atomic mass is 19.4. The van der Waals surface area contributed by atoms with E-state index in [0.29, 0.717) is 24.2 Å². The Bertz CT molecular complexity index is 1170. The Morgan fingerprint density at radius 2 is 1.74 bits per heavy atom. The van der Waals surface area contributed by atoms with E-state index < -0.39 is 23.9 Å². The lowest BCUT2D eigenvalue weighted by atomic mass is 10.0. The van der Waals surface area contributed by atoms with Crippen LogP contribution in [0.25, 0.3) is 22.3 Å². The predicted molar refractivity (Wildman–Crippen MR) is 111 cm³/mol. The second-order valence-electron chi connectivity index (χ2n) is 6.58. The zero-order chi connectivity index (χ0) is 25.7. The number of hydrogen-bond acceptors (Lipinski definition) is 7. The molecular weight excluding hydrogens is 472 g/mol. The number of nitrogens with one attached hydrogen (secondary N) is 1. The van der Waals surface area contributed by atoms with E-state index in [-0.39, 0.29) is 28.6 Å². The molecule has 4 N–H and O–H groups in total. The van der Waals surface area contributed by atoms with Gasteiger partial charge in [-0.3, -0.25) is 0 Å². The van der Waals surface area contributed by atoms with Gasteiger partial charge in [0.1, 0.15) is 11.6 Å². The lowest BCUT2D eigenvalue weighted by Crippen LogP contribution is -2.21. The fourth-order valence-corrected chi connectivity index (χ4v) is 2.72. The van der Waals surface area contributed by atoms with Crippen LogP contribution >= 0.6 is 0 Å². The molecule has 0 aliphatic carbocycles. The van der Waals surface area contributed by atoms with Gasteiger partial charge in [0, 0.05) is 7.05 Å². The first-order valence-corrected chi connectivity index (χ1v) is 9.55. The van der Waals surface area contributed by atoms with Gasteiger partial charge in [0.05, 0.1) is 28.8 Å². The second kappa shape index (κ2) is 10.4. The maximum Gasteiger partial charge on any atom is 0.490 e. The zero-order valence-corrected chi connectivity index (χ0v) is 17.8. The number of aliphatic carboxylic acids is 1. The van der Waals surface area contributed by atoms with Crippen LogP contribution in [0.2, 0.25) is 0 Å². The molecule has 2 aromatic heterocycles. The number of halogens is 6. The van der Waals surface area contributed by atoms with Crippen molar-refractivity contribution >= 4 is 28.8 Å². The molecule has 2 heterocycles. The first-order chi connectivity index (χ1) is 15.8. The summed E-state index contributed by atoms with van der Waals surface area (Å²) in [5.74, 6) is -2.21. The predicted octanol–water partition coefficient (Wildman–Crippen LogP) is 4.76. The van der Waals surface area contributed by atoms with Crippen LogP contribution in [0.1, 0.15) is 18.9 Å². The molecule has 0 atom stereocenters. The fourth-order valence-electron chi connectivity index (χ4n) is 2.72. The van der Waals surface area contributed by atoms with Gasteiger partial charge in [0.25, 0.3) is 0 Å². The molecule has 0 spiro atoms. The van der Waals surface area contributed by atoms with Crippen molar-refractivity contribution < 1.29 is 41.0 Å². The summed E-state index contributed by atoms with van der Waals surface area (Å²) in [5, 5.41) is 10.5. The van der Waals surface area contributed by atoms with Gasteiger partial charge in [-0.2, -0.15) is 36.3 Å². The van der Waals surface area contributed by atoms with E-state index in [1.807, 2.05) is 6.92 Å². The number of nitrogens with zero attached hydrogens (tertiary/aromatic N) is 3. The molecule has 1 aromatic carbocycles. The Morgan fingerprint density at radius 1 is 1.09 bits per heavy atom. The summed E-state index contributed by atoms with van der Waals surface area (Å²) in [4.78, 5) is 21.3. The number of aromatic nitrogens is 3. The summed E-state index contributed by atoms with van der Waals surface area (Å²) in [6.45, 7) is 2.17. The van der Waals surface area contributed by atoms with Crippen molar-refractivity contribution in [2.75, 3.05) is 24.7 Å². The number of nitrogens with two attached hydrogens (primary N) is 1. The Balaban J connectivity index is 0.000000509. The van der Waals surface area contributed by atoms with E-state index in [2.05, 4.69) is 20.3 Å². The highest BCUT2D eigenvalue weighted by molar-refractivity contribution is 5.89. The number of fused-ring (bicyclic) bond motifs is 1. The summed E-state index contributed by atoms with van der Waals surface area (Å²) in [6.07, 6.45) is -8.98. The number of alkyl halides is 6. The summed E-state index contributed by atoms with van der Waals surface area (Å²) >= 11 is 0. The fraction of sp³-hybridized carbons (Fsp3) is 0.300. The molecule has 184 valence electrons. The van der Waals surface area contributed by atoms with Crippen LogP contribution in [0.15, 0.2) is 30.3 Å². The lowest BCUT2D eigenvalue weighted by molar-refractivity contribution is -0.192. The van der Waals surface area contributed by atoms with Crippen LogP contribution in [0.4, 0.5) is 38.1 Å². The van der Waals surface area contributed by atoms with E-state index >= 15 is 0 Å². The Morgan fingerprint density at radius 3 is 2.26 bits per heavy atom. The van der Waals surface area contributed by atoms with Crippen LogP contribution < -0.4 is 15.8 Å². The van der Waals surface area contributed by atoms with Crippen LogP contribution in [-0.2, 0) is 11.0 Å². The molecular formula is C20H19F6N5O3. The van der Waals surface area contributed by atoms with Gasteiger partial charge in [-0.05, 0) is 30.7 Å². The SMILES string of the molecule is CCCOc1cccc(C(F)(F)F)c1-c1ccc2c(NC)nc(N)nc2n1.O=C(O)C(F)(F)F. The maximum atomic E-state index is 13.6. The molecule has 0 saturated carbocycles. The number of ether oxygens (including phenoxy) is 1. The lowest BCUT2D eigenvalue weighted by Gasteiger charge is -2.17. The summed E-state index contributed by atoms with van der Waals surface area (Å²) in [7, 11) is 1.66. The van der Waals surface area contributed by atoms with Crippen LogP contribution in [0, 0.1) is 0 Å². The second-order valence-corrected chi connectivity index (χ2v) is 6.58. The van der Waals surface area contributed by atoms with Crippen LogP contribution in [0.5, 0.6) is 5.75 Å². The summed E-state index contributed by atoms with van der Waals surface area (Å²) in [5.41, 5.74) is 5.03. The van der Waals surface area contributed by atoms with Gasteiger partial charge >= 0.3 is 18.3 Å². The van der Waals surface area contributed by atoms with Crippen molar-refractivity contribution in [1.82, 2.24) is 15.0 Å². The van der Waals surface area contributed by atoms with Gasteiger partial charge in [-0.25, -0.2) is 9.78 Å². The van der Waals surface area contributed by atoms with E-state index in [9.17, 15) is 26.3 Å². The van der Waals surface area contributed by atoms with Crippen molar-refractivity contribution in [1.29, 1.82) is 0 Å². The third kappa shape index (κ3) is 6.36. The van der Waals surface area contributed by atoms with Gasteiger partial charge in [0.2, 0.25) is 5.95 Å². The molecule has 3 rings (SSSR count). The monoisotopic (exact) mass is 491 g/mol. The number of pyridine rings is 1. The van der Waals surface area contributed by atoms with E-state index in [4.69, 9.17) is 20.4 Å². The minimum Gasteiger partial charge on any atom is -0.493 e.